The molecule has 0 aliphatic heterocycles. The van der Waals surface area contributed by atoms with Gasteiger partial charge in [-0.05, 0) is 79.9 Å². The van der Waals surface area contributed by atoms with Crippen molar-refractivity contribution < 1.29 is 28.3 Å². The second kappa shape index (κ2) is 10.4. The number of amides is 1. The van der Waals surface area contributed by atoms with Gasteiger partial charge in [-0.2, -0.15) is 4.68 Å². The Bertz CT molecular complexity index is 984. The topological polar surface area (TPSA) is 152 Å². The van der Waals surface area contributed by atoms with E-state index in [-0.39, 0.29) is 13.0 Å². The molecule has 3 N–H and O–H groups in total. The predicted octanol–water partition coefficient (Wildman–Crippen LogP) is 2.96. The first-order valence-corrected chi connectivity index (χ1v) is 11.1. The number of esters is 2. The van der Waals surface area contributed by atoms with Crippen LogP contribution in [0.5, 0.6) is 0 Å². The highest BCUT2D eigenvalue weighted by Crippen LogP contribution is 2.23. The zero-order valence-corrected chi connectivity index (χ0v) is 20.9. The number of nitrogens with two attached hydrogens (primary N) is 1. The van der Waals surface area contributed by atoms with Crippen LogP contribution in [0.3, 0.4) is 0 Å². The van der Waals surface area contributed by atoms with Gasteiger partial charge in [-0.1, -0.05) is 5.21 Å². The van der Waals surface area contributed by atoms with Gasteiger partial charge in [0.1, 0.15) is 22.7 Å². The standard InChI is InChI=1S/C23H35N5O6/c1-15-10-11-17(32-15)16-14-28(27-26-16)20(31)25-13-9-8-12-23(24,18(29)33-21(2,3)4)19(30)34-22(5,6)7/h10-11,14H,8-9,12-13,24H2,1-7H3,(H,25,31). The summed E-state index contributed by atoms with van der Waals surface area (Å²) in [5.74, 6) is -0.453. The molecule has 0 fully saturated rings. The number of unbranched alkanes of at least 4 members (excludes halogenated alkanes) is 1. The van der Waals surface area contributed by atoms with E-state index in [1.165, 1.54) is 6.20 Å². The minimum atomic E-state index is -1.95. The molecular weight excluding hydrogens is 442 g/mol. The Morgan fingerprint density at radius 2 is 1.62 bits per heavy atom. The van der Waals surface area contributed by atoms with Crippen LogP contribution < -0.4 is 11.1 Å². The van der Waals surface area contributed by atoms with E-state index in [0.29, 0.717) is 24.3 Å². The van der Waals surface area contributed by atoms with E-state index in [1.807, 2.05) is 6.92 Å². The number of carbonyl (C=O) groups is 3. The molecule has 0 unspecified atom stereocenters. The number of furan rings is 1. The van der Waals surface area contributed by atoms with Crippen molar-refractivity contribution >= 4 is 18.0 Å². The molecule has 2 heterocycles. The molecule has 0 saturated carbocycles. The van der Waals surface area contributed by atoms with E-state index in [4.69, 9.17) is 19.6 Å². The Labute approximate surface area is 199 Å². The van der Waals surface area contributed by atoms with E-state index in [9.17, 15) is 14.4 Å². The van der Waals surface area contributed by atoms with Gasteiger partial charge in [0.2, 0.25) is 5.54 Å². The monoisotopic (exact) mass is 477 g/mol. The van der Waals surface area contributed by atoms with Crippen LogP contribution in [0.2, 0.25) is 0 Å². The molecule has 0 bridgehead atoms. The van der Waals surface area contributed by atoms with Crippen LogP contribution in [0, 0.1) is 6.92 Å². The molecule has 2 rings (SSSR count). The summed E-state index contributed by atoms with van der Waals surface area (Å²) in [6.07, 6.45) is 2.28. The number of rotatable bonds is 8. The first-order chi connectivity index (χ1) is 15.6. The van der Waals surface area contributed by atoms with Crippen molar-refractivity contribution in [2.75, 3.05) is 6.54 Å². The minimum absolute atomic E-state index is 0.00197. The maximum Gasteiger partial charge on any atom is 0.343 e. The fraction of sp³-hybridized carbons (Fsp3) is 0.609. The molecule has 11 heteroatoms. The summed E-state index contributed by atoms with van der Waals surface area (Å²) in [6, 6.07) is 3.07. The minimum Gasteiger partial charge on any atom is -0.460 e. The third-order valence-electron chi connectivity index (χ3n) is 4.49. The molecule has 0 spiro atoms. The van der Waals surface area contributed by atoms with Crippen molar-refractivity contribution in [3.63, 3.8) is 0 Å². The first-order valence-electron chi connectivity index (χ1n) is 11.1. The van der Waals surface area contributed by atoms with Crippen LogP contribution in [0.1, 0.15) is 66.6 Å². The number of hydrogen-bond donors (Lipinski definition) is 2. The van der Waals surface area contributed by atoms with E-state index in [0.717, 1.165) is 10.4 Å². The fourth-order valence-corrected chi connectivity index (χ4v) is 2.88. The third-order valence-corrected chi connectivity index (χ3v) is 4.49. The normalized spacial score (nSPS) is 12.4. The van der Waals surface area contributed by atoms with Gasteiger partial charge in [0.05, 0.1) is 6.20 Å². The van der Waals surface area contributed by atoms with Crippen LogP contribution >= 0.6 is 0 Å². The molecule has 0 aromatic carbocycles. The number of nitrogens with one attached hydrogen (secondary N) is 1. The lowest BCUT2D eigenvalue weighted by atomic mass is 9.93. The zero-order chi connectivity index (χ0) is 25.7. The summed E-state index contributed by atoms with van der Waals surface area (Å²) in [5.41, 5.74) is 3.08. The zero-order valence-electron chi connectivity index (χ0n) is 20.9. The Morgan fingerprint density at radius 3 is 2.12 bits per heavy atom. The molecule has 0 atom stereocenters. The predicted molar refractivity (Wildman–Crippen MR) is 124 cm³/mol. The summed E-state index contributed by atoms with van der Waals surface area (Å²) in [4.78, 5) is 37.8. The van der Waals surface area contributed by atoms with Gasteiger partial charge in [-0.25, -0.2) is 14.4 Å². The second-order valence-corrected chi connectivity index (χ2v) is 10.1. The molecule has 2 aromatic heterocycles. The molecule has 11 nitrogen and oxygen atoms in total. The summed E-state index contributed by atoms with van der Waals surface area (Å²) in [7, 11) is 0. The largest absolute Gasteiger partial charge is 0.460 e. The Hall–Kier alpha value is -3.21. The molecule has 34 heavy (non-hydrogen) atoms. The van der Waals surface area contributed by atoms with Crippen LogP contribution in [0.25, 0.3) is 11.5 Å². The summed E-state index contributed by atoms with van der Waals surface area (Å²) >= 11 is 0. The van der Waals surface area contributed by atoms with E-state index in [1.54, 1.807) is 53.7 Å². The Morgan fingerprint density at radius 1 is 1.03 bits per heavy atom. The van der Waals surface area contributed by atoms with E-state index in [2.05, 4.69) is 15.6 Å². The van der Waals surface area contributed by atoms with Gasteiger partial charge in [-0.3, -0.25) is 0 Å². The lowest BCUT2D eigenvalue weighted by Gasteiger charge is -2.32. The number of carbonyl (C=O) groups excluding carboxylic acids is 3. The van der Waals surface area contributed by atoms with Gasteiger partial charge in [-0.15, -0.1) is 5.10 Å². The lowest BCUT2D eigenvalue weighted by Crippen LogP contribution is -2.59. The molecule has 188 valence electrons. The van der Waals surface area contributed by atoms with Crippen LogP contribution in [0.15, 0.2) is 22.7 Å². The van der Waals surface area contributed by atoms with Crippen LogP contribution in [-0.4, -0.2) is 56.2 Å². The number of aromatic nitrogens is 3. The van der Waals surface area contributed by atoms with Gasteiger partial charge in [0, 0.05) is 6.54 Å². The smallest absolute Gasteiger partial charge is 0.343 e. The average Bonchev–Trinajstić information content (AvgIpc) is 3.33. The molecule has 2 aromatic rings. The Kier molecular flexibility index (Phi) is 8.25. The summed E-state index contributed by atoms with van der Waals surface area (Å²) in [5, 5.41) is 10.4. The highest BCUT2D eigenvalue weighted by molar-refractivity contribution is 6.04. The fourth-order valence-electron chi connectivity index (χ4n) is 2.88. The van der Waals surface area contributed by atoms with Gasteiger partial charge < -0.3 is 24.9 Å². The average molecular weight is 478 g/mol. The van der Waals surface area contributed by atoms with E-state index >= 15 is 0 Å². The van der Waals surface area contributed by atoms with Gasteiger partial charge in [0.25, 0.3) is 0 Å². The number of nitrogens with zero attached hydrogens (tertiary/aromatic N) is 3. The molecule has 0 saturated heterocycles. The Balaban J connectivity index is 1.92. The van der Waals surface area contributed by atoms with Crippen molar-refractivity contribution in [1.82, 2.24) is 20.3 Å². The number of ether oxygens (including phenoxy) is 2. The number of aryl methyl sites for hydroxylation is 1. The molecular formula is C23H35N5O6. The van der Waals surface area contributed by atoms with Crippen molar-refractivity contribution in [2.45, 2.75) is 84.5 Å². The maximum absolute atomic E-state index is 12.7. The maximum atomic E-state index is 12.7. The molecule has 0 aliphatic carbocycles. The second-order valence-electron chi connectivity index (χ2n) is 10.1. The summed E-state index contributed by atoms with van der Waals surface area (Å²) in [6.45, 7) is 12.2. The lowest BCUT2D eigenvalue weighted by molar-refractivity contribution is -0.177. The van der Waals surface area contributed by atoms with Gasteiger partial charge in [0.15, 0.2) is 5.76 Å². The van der Waals surface area contributed by atoms with Gasteiger partial charge >= 0.3 is 18.0 Å². The van der Waals surface area contributed by atoms with Crippen molar-refractivity contribution in [3.05, 3.63) is 24.1 Å². The first kappa shape index (κ1) is 27.0. The van der Waals surface area contributed by atoms with Crippen LogP contribution in [0.4, 0.5) is 4.79 Å². The SMILES string of the molecule is Cc1ccc(-c2cn(C(=O)NCCCCC(N)(C(=O)OC(C)(C)C)C(=O)OC(C)(C)C)nn2)o1. The highest BCUT2D eigenvalue weighted by Gasteiger charge is 2.47. The van der Waals surface area contributed by atoms with Crippen molar-refractivity contribution in [2.24, 2.45) is 5.73 Å². The third kappa shape index (κ3) is 7.68. The summed E-state index contributed by atoms with van der Waals surface area (Å²) < 4.78 is 17.3. The van der Waals surface area contributed by atoms with Crippen molar-refractivity contribution in [3.8, 4) is 11.5 Å². The molecule has 0 radical (unpaired) electrons. The quantitative estimate of drug-likeness (QED) is 0.332. The van der Waals surface area contributed by atoms with Crippen molar-refractivity contribution in [1.29, 1.82) is 0 Å². The molecule has 1 amide bonds. The highest BCUT2D eigenvalue weighted by atomic mass is 16.6. The van der Waals surface area contributed by atoms with E-state index < -0.39 is 34.7 Å². The molecule has 0 aliphatic rings. The number of hydrogen-bond acceptors (Lipinski definition) is 9. The van der Waals surface area contributed by atoms with Crippen LogP contribution in [-0.2, 0) is 19.1 Å².